The summed E-state index contributed by atoms with van der Waals surface area (Å²) in [5, 5.41) is 0. The molecule has 7 nitrogen and oxygen atoms in total. The molecule has 7 heteroatoms. The molecular weight excluding hydrogens is 262 g/mol. The van der Waals surface area contributed by atoms with Crippen molar-refractivity contribution in [2.24, 2.45) is 0 Å². The predicted octanol–water partition coefficient (Wildman–Crippen LogP) is 1.48. The molecule has 1 fully saturated rings. The van der Waals surface area contributed by atoms with Crippen molar-refractivity contribution in [1.82, 2.24) is 14.9 Å². The van der Waals surface area contributed by atoms with Gasteiger partial charge in [-0.05, 0) is 19.8 Å². The minimum absolute atomic E-state index is 0.0900. The molecule has 0 bridgehead atoms. The Kier molecular flexibility index (Phi) is 4.97. The van der Waals surface area contributed by atoms with Crippen molar-refractivity contribution in [3.05, 3.63) is 12.3 Å². The molecule has 0 N–H and O–H groups in total. The lowest BCUT2D eigenvalue weighted by Gasteiger charge is -2.31. The van der Waals surface area contributed by atoms with Crippen LogP contribution in [0.5, 0.6) is 11.9 Å². The van der Waals surface area contributed by atoms with E-state index in [0.29, 0.717) is 25.6 Å². The van der Waals surface area contributed by atoms with Gasteiger partial charge >= 0.3 is 12.1 Å². The lowest BCUT2D eigenvalue weighted by atomic mass is 10.1. The molecule has 1 aromatic rings. The van der Waals surface area contributed by atoms with Crippen molar-refractivity contribution in [3.63, 3.8) is 0 Å². The highest BCUT2D eigenvalue weighted by Gasteiger charge is 2.26. The van der Waals surface area contributed by atoms with Gasteiger partial charge in [0.2, 0.25) is 5.88 Å². The van der Waals surface area contributed by atoms with E-state index in [-0.39, 0.29) is 18.2 Å². The van der Waals surface area contributed by atoms with Gasteiger partial charge in [0.25, 0.3) is 0 Å². The minimum atomic E-state index is -0.291. The van der Waals surface area contributed by atoms with Gasteiger partial charge in [-0.2, -0.15) is 4.98 Å². The number of aromatic nitrogens is 2. The van der Waals surface area contributed by atoms with Crippen molar-refractivity contribution >= 4 is 6.09 Å². The average molecular weight is 281 g/mol. The fraction of sp³-hybridized carbons (Fsp3) is 0.615. The molecule has 1 aliphatic heterocycles. The molecule has 110 valence electrons. The van der Waals surface area contributed by atoms with Crippen LogP contribution in [0.2, 0.25) is 0 Å². The molecule has 2 heterocycles. The Morgan fingerprint density at radius 2 is 2.40 bits per heavy atom. The second kappa shape index (κ2) is 6.93. The second-order valence-corrected chi connectivity index (χ2v) is 4.41. The molecule has 0 spiro atoms. The number of amides is 1. The summed E-state index contributed by atoms with van der Waals surface area (Å²) in [5.74, 6) is 0.451. The van der Waals surface area contributed by atoms with E-state index in [9.17, 15) is 4.79 Å². The van der Waals surface area contributed by atoms with Gasteiger partial charge in [0, 0.05) is 18.8 Å². The number of carbonyl (C=O) groups is 1. The Morgan fingerprint density at radius 1 is 1.55 bits per heavy atom. The predicted molar refractivity (Wildman–Crippen MR) is 70.8 cm³/mol. The first-order valence-corrected chi connectivity index (χ1v) is 6.68. The molecule has 2 rings (SSSR count). The first-order chi connectivity index (χ1) is 9.72. The number of methoxy groups -OCH3 is 1. The van der Waals surface area contributed by atoms with Gasteiger partial charge in [0.1, 0.15) is 6.10 Å². The number of ether oxygens (including phenoxy) is 3. The molecule has 20 heavy (non-hydrogen) atoms. The molecule has 0 aromatic carbocycles. The van der Waals surface area contributed by atoms with Crippen LogP contribution in [0.3, 0.4) is 0 Å². The van der Waals surface area contributed by atoms with Crippen LogP contribution in [-0.4, -0.2) is 53.9 Å². The van der Waals surface area contributed by atoms with Crippen molar-refractivity contribution < 1.29 is 19.0 Å². The highest BCUT2D eigenvalue weighted by atomic mass is 16.6. The van der Waals surface area contributed by atoms with Crippen LogP contribution in [-0.2, 0) is 4.74 Å². The van der Waals surface area contributed by atoms with E-state index in [0.717, 1.165) is 12.8 Å². The molecule has 0 radical (unpaired) electrons. The Morgan fingerprint density at radius 3 is 3.15 bits per heavy atom. The van der Waals surface area contributed by atoms with Crippen LogP contribution < -0.4 is 9.47 Å². The lowest BCUT2D eigenvalue weighted by molar-refractivity contribution is 0.0591. The van der Waals surface area contributed by atoms with E-state index in [2.05, 4.69) is 9.97 Å². The van der Waals surface area contributed by atoms with Crippen LogP contribution in [0, 0.1) is 0 Å². The third-order valence-electron chi connectivity index (χ3n) is 2.98. The number of rotatable bonds is 4. The Bertz CT molecular complexity index is 455. The highest BCUT2D eigenvalue weighted by molar-refractivity contribution is 5.67. The standard InChI is InChI=1S/C13H19N3O4/c1-3-19-13(17)16-8-4-5-10(9-16)20-11-6-7-14-12(15-11)18-2/h6-7,10H,3-5,8-9H2,1-2H3. The fourth-order valence-corrected chi connectivity index (χ4v) is 2.07. The maximum absolute atomic E-state index is 11.7. The van der Waals surface area contributed by atoms with Crippen LogP contribution in [0.4, 0.5) is 4.79 Å². The smallest absolute Gasteiger partial charge is 0.409 e. The maximum Gasteiger partial charge on any atom is 0.409 e. The molecule has 1 aromatic heterocycles. The third-order valence-corrected chi connectivity index (χ3v) is 2.98. The number of likely N-dealkylation sites (tertiary alicyclic amines) is 1. The first kappa shape index (κ1) is 14.4. The van der Waals surface area contributed by atoms with E-state index in [1.165, 1.54) is 7.11 Å². The van der Waals surface area contributed by atoms with Crippen LogP contribution >= 0.6 is 0 Å². The number of hydrogen-bond donors (Lipinski definition) is 0. The summed E-state index contributed by atoms with van der Waals surface area (Å²) in [6.07, 6.45) is 2.95. The fourth-order valence-electron chi connectivity index (χ4n) is 2.07. The van der Waals surface area contributed by atoms with Gasteiger partial charge < -0.3 is 19.1 Å². The number of hydrogen-bond acceptors (Lipinski definition) is 6. The summed E-state index contributed by atoms with van der Waals surface area (Å²) in [7, 11) is 1.50. The normalized spacial score (nSPS) is 18.5. The zero-order valence-electron chi connectivity index (χ0n) is 11.7. The summed E-state index contributed by atoms with van der Waals surface area (Å²) in [6.45, 7) is 3.38. The second-order valence-electron chi connectivity index (χ2n) is 4.41. The zero-order valence-corrected chi connectivity index (χ0v) is 11.7. The summed E-state index contributed by atoms with van der Waals surface area (Å²) < 4.78 is 15.7. The maximum atomic E-state index is 11.7. The van der Waals surface area contributed by atoms with Gasteiger partial charge in [-0.1, -0.05) is 0 Å². The summed E-state index contributed by atoms with van der Waals surface area (Å²) >= 11 is 0. The molecule has 1 saturated heterocycles. The van der Waals surface area contributed by atoms with E-state index in [4.69, 9.17) is 14.2 Å². The zero-order chi connectivity index (χ0) is 14.4. The van der Waals surface area contributed by atoms with Gasteiger partial charge in [-0.3, -0.25) is 0 Å². The van der Waals surface area contributed by atoms with E-state index >= 15 is 0 Å². The van der Waals surface area contributed by atoms with Crippen LogP contribution in [0.1, 0.15) is 19.8 Å². The Labute approximate surface area is 117 Å². The third kappa shape index (κ3) is 3.72. The quantitative estimate of drug-likeness (QED) is 0.832. The molecule has 1 aliphatic rings. The van der Waals surface area contributed by atoms with Crippen molar-refractivity contribution in [3.8, 4) is 11.9 Å². The Balaban J connectivity index is 1.93. The summed E-state index contributed by atoms with van der Waals surface area (Å²) in [5.41, 5.74) is 0. The molecule has 0 aliphatic carbocycles. The van der Waals surface area contributed by atoms with Gasteiger partial charge in [0.15, 0.2) is 0 Å². The van der Waals surface area contributed by atoms with Gasteiger partial charge in [-0.25, -0.2) is 9.78 Å². The molecule has 1 unspecified atom stereocenters. The van der Waals surface area contributed by atoms with Crippen molar-refractivity contribution in [2.45, 2.75) is 25.9 Å². The largest absolute Gasteiger partial charge is 0.472 e. The number of nitrogens with zero attached hydrogens (tertiary/aromatic N) is 3. The van der Waals surface area contributed by atoms with Crippen molar-refractivity contribution in [2.75, 3.05) is 26.8 Å². The molecular formula is C13H19N3O4. The molecule has 0 saturated carbocycles. The van der Waals surface area contributed by atoms with Crippen LogP contribution in [0.25, 0.3) is 0 Å². The van der Waals surface area contributed by atoms with E-state index < -0.39 is 0 Å². The molecule has 1 atom stereocenters. The topological polar surface area (TPSA) is 73.8 Å². The van der Waals surface area contributed by atoms with Crippen LogP contribution in [0.15, 0.2) is 12.3 Å². The first-order valence-electron chi connectivity index (χ1n) is 6.68. The van der Waals surface area contributed by atoms with Gasteiger partial charge in [-0.15, -0.1) is 0 Å². The number of piperidine rings is 1. The Hall–Kier alpha value is -2.05. The van der Waals surface area contributed by atoms with Crippen molar-refractivity contribution in [1.29, 1.82) is 0 Å². The van der Waals surface area contributed by atoms with E-state index in [1.807, 2.05) is 0 Å². The summed E-state index contributed by atoms with van der Waals surface area (Å²) in [6, 6.07) is 1.94. The highest BCUT2D eigenvalue weighted by Crippen LogP contribution is 2.18. The minimum Gasteiger partial charge on any atom is -0.472 e. The monoisotopic (exact) mass is 281 g/mol. The van der Waals surface area contributed by atoms with Gasteiger partial charge in [0.05, 0.1) is 20.3 Å². The average Bonchev–Trinajstić information content (AvgIpc) is 2.48. The van der Waals surface area contributed by atoms with E-state index in [1.54, 1.807) is 24.1 Å². The lowest BCUT2D eigenvalue weighted by Crippen LogP contribution is -2.44. The molecule has 1 amide bonds. The number of carbonyl (C=O) groups excluding carboxylic acids is 1. The summed E-state index contributed by atoms with van der Waals surface area (Å²) in [4.78, 5) is 21.4. The SMILES string of the molecule is CCOC(=O)N1CCCC(Oc2ccnc(OC)n2)C1.